The molecule has 9 nitrogen and oxygen atoms in total. The molecule has 0 unspecified atom stereocenters. The van der Waals surface area contributed by atoms with E-state index in [1.54, 1.807) is 30.3 Å². The standard InChI is InChI=1S/C19H21N3O6/c1-12(16(23)22-19(26)20-2)28-18(25)14(11-13-7-4-3-5-8-13)21-17(24)15-9-6-10-27-15/h3-10,12,14H,11H2,1-2H3,(H,21,24)(H2,20,22,23,26)/t12-,14+/m1/s1. The summed E-state index contributed by atoms with van der Waals surface area (Å²) in [5.74, 6) is -2.16. The van der Waals surface area contributed by atoms with Gasteiger partial charge in [-0.2, -0.15) is 0 Å². The molecule has 0 aliphatic carbocycles. The third-order valence-corrected chi connectivity index (χ3v) is 3.74. The quantitative estimate of drug-likeness (QED) is 0.609. The molecule has 0 bridgehead atoms. The van der Waals surface area contributed by atoms with Crippen molar-refractivity contribution in [2.45, 2.75) is 25.5 Å². The summed E-state index contributed by atoms with van der Waals surface area (Å²) in [5, 5.41) is 6.79. The Morgan fingerprint density at radius 2 is 1.79 bits per heavy atom. The van der Waals surface area contributed by atoms with E-state index in [2.05, 4.69) is 10.6 Å². The lowest BCUT2D eigenvalue weighted by atomic mass is 10.1. The predicted octanol–water partition coefficient (Wildman–Crippen LogP) is 1.01. The molecule has 1 heterocycles. The Morgan fingerprint density at radius 3 is 2.39 bits per heavy atom. The number of hydrogen-bond donors (Lipinski definition) is 3. The van der Waals surface area contributed by atoms with Gasteiger partial charge in [-0.15, -0.1) is 0 Å². The second kappa shape index (κ2) is 9.91. The lowest BCUT2D eigenvalue weighted by molar-refractivity contribution is -0.156. The summed E-state index contributed by atoms with van der Waals surface area (Å²) >= 11 is 0. The van der Waals surface area contributed by atoms with E-state index in [0.29, 0.717) is 0 Å². The zero-order valence-electron chi connectivity index (χ0n) is 15.4. The average Bonchev–Trinajstić information content (AvgIpc) is 3.23. The maximum absolute atomic E-state index is 12.6. The maximum Gasteiger partial charge on any atom is 0.329 e. The van der Waals surface area contributed by atoms with Crippen LogP contribution in [0.5, 0.6) is 0 Å². The van der Waals surface area contributed by atoms with Crippen molar-refractivity contribution < 1.29 is 28.3 Å². The van der Waals surface area contributed by atoms with Gasteiger partial charge in [0, 0.05) is 13.5 Å². The molecule has 0 saturated carbocycles. The monoisotopic (exact) mass is 387 g/mol. The minimum Gasteiger partial charge on any atom is -0.459 e. The molecular formula is C19H21N3O6. The topological polar surface area (TPSA) is 127 Å². The third-order valence-electron chi connectivity index (χ3n) is 3.74. The Kier molecular flexibility index (Phi) is 7.32. The van der Waals surface area contributed by atoms with E-state index in [1.807, 2.05) is 11.4 Å². The highest BCUT2D eigenvalue weighted by atomic mass is 16.5. The molecule has 0 saturated heterocycles. The van der Waals surface area contributed by atoms with E-state index in [0.717, 1.165) is 5.56 Å². The summed E-state index contributed by atoms with van der Waals surface area (Å²) in [6.07, 6.45) is 0.254. The van der Waals surface area contributed by atoms with Crippen LogP contribution < -0.4 is 16.0 Å². The highest BCUT2D eigenvalue weighted by Gasteiger charge is 2.28. The van der Waals surface area contributed by atoms with Crippen molar-refractivity contribution in [3.63, 3.8) is 0 Å². The molecule has 0 fully saturated rings. The van der Waals surface area contributed by atoms with Crippen LogP contribution in [0.4, 0.5) is 4.79 Å². The Hall–Kier alpha value is -3.62. The smallest absolute Gasteiger partial charge is 0.329 e. The molecule has 0 aliphatic rings. The number of hydrogen-bond acceptors (Lipinski definition) is 6. The van der Waals surface area contributed by atoms with Gasteiger partial charge in [0.1, 0.15) is 6.04 Å². The summed E-state index contributed by atoms with van der Waals surface area (Å²) in [7, 11) is 1.35. The molecule has 0 spiro atoms. The van der Waals surface area contributed by atoms with Crippen molar-refractivity contribution >= 4 is 23.8 Å². The van der Waals surface area contributed by atoms with Crippen LogP contribution in [0.25, 0.3) is 0 Å². The van der Waals surface area contributed by atoms with Crippen LogP contribution in [-0.4, -0.2) is 43.0 Å². The van der Waals surface area contributed by atoms with Gasteiger partial charge < -0.3 is 19.8 Å². The first-order chi connectivity index (χ1) is 13.4. The van der Waals surface area contributed by atoms with Crippen LogP contribution in [0.2, 0.25) is 0 Å². The highest BCUT2D eigenvalue weighted by molar-refractivity contribution is 5.98. The Morgan fingerprint density at radius 1 is 1.07 bits per heavy atom. The molecule has 4 amide bonds. The van der Waals surface area contributed by atoms with Gasteiger partial charge >= 0.3 is 12.0 Å². The minimum atomic E-state index is -1.23. The first kappa shape index (κ1) is 20.7. The van der Waals surface area contributed by atoms with E-state index in [-0.39, 0.29) is 12.2 Å². The number of nitrogens with one attached hydrogen (secondary N) is 3. The average molecular weight is 387 g/mol. The van der Waals surface area contributed by atoms with Crippen molar-refractivity contribution in [1.82, 2.24) is 16.0 Å². The van der Waals surface area contributed by atoms with Crippen molar-refractivity contribution in [3.05, 3.63) is 60.1 Å². The fourth-order valence-electron chi connectivity index (χ4n) is 2.27. The molecule has 2 rings (SSSR count). The molecule has 0 aliphatic heterocycles. The number of carbonyl (C=O) groups excluding carboxylic acids is 4. The van der Waals surface area contributed by atoms with E-state index in [9.17, 15) is 19.2 Å². The minimum absolute atomic E-state index is 0.0382. The third kappa shape index (κ3) is 5.97. The fourth-order valence-corrected chi connectivity index (χ4v) is 2.27. The SMILES string of the molecule is CNC(=O)NC(=O)[C@@H](C)OC(=O)[C@H](Cc1ccccc1)NC(=O)c1ccco1. The van der Waals surface area contributed by atoms with Gasteiger partial charge in [0.15, 0.2) is 11.9 Å². The Labute approximate surface area is 161 Å². The zero-order valence-corrected chi connectivity index (χ0v) is 15.4. The van der Waals surface area contributed by atoms with E-state index < -0.39 is 36.0 Å². The first-order valence-electron chi connectivity index (χ1n) is 8.52. The number of imide groups is 1. The van der Waals surface area contributed by atoms with E-state index in [4.69, 9.17) is 9.15 Å². The van der Waals surface area contributed by atoms with Crippen LogP contribution >= 0.6 is 0 Å². The molecule has 2 aromatic rings. The van der Waals surface area contributed by atoms with Crippen LogP contribution in [-0.2, 0) is 20.7 Å². The number of benzene rings is 1. The second-order valence-electron chi connectivity index (χ2n) is 5.84. The van der Waals surface area contributed by atoms with Crippen LogP contribution in [0.3, 0.4) is 0 Å². The van der Waals surface area contributed by atoms with Gasteiger partial charge in [0.25, 0.3) is 11.8 Å². The molecule has 3 N–H and O–H groups in total. The zero-order chi connectivity index (χ0) is 20.5. The Balaban J connectivity index is 2.08. The molecule has 1 aromatic heterocycles. The van der Waals surface area contributed by atoms with Gasteiger partial charge in [-0.05, 0) is 24.6 Å². The van der Waals surface area contributed by atoms with Gasteiger partial charge in [-0.3, -0.25) is 14.9 Å². The van der Waals surface area contributed by atoms with E-state index >= 15 is 0 Å². The molecule has 9 heteroatoms. The first-order valence-corrected chi connectivity index (χ1v) is 8.52. The number of carbonyl (C=O) groups is 4. The predicted molar refractivity (Wildman–Crippen MR) is 98.3 cm³/mol. The lowest BCUT2D eigenvalue weighted by Crippen LogP contribution is -2.47. The largest absolute Gasteiger partial charge is 0.459 e. The molecule has 1 aromatic carbocycles. The van der Waals surface area contributed by atoms with Crippen molar-refractivity contribution in [3.8, 4) is 0 Å². The lowest BCUT2D eigenvalue weighted by Gasteiger charge is -2.20. The van der Waals surface area contributed by atoms with E-state index in [1.165, 1.54) is 26.3 Å². The molecule has 2 atom stereocenters. The van der Waals surface area contributed by atoms with Gasteiger partial charge in [-0.1, -0.05) is 30.3 Å². The van der Waals surface area contributed by atoms with Crippen LogP contribution in [0.15, 0.2) is 53.1 Å². The number of ether oxygens (including phenoxy) is 1. The normalized spacial score (nSPS) is 12.4. The summed E-state index contributed by atoms with van der Waals surface area (Å²) in [6.45, 7) is 1.32. The van der Waals surface area contributed by atoms with Gasteiger partial charge in [-0.25, -0.2) is 9.59 Å². The van der Waals surface area contributed by atoms with Crippen molar-refractivity contribution in [1.29, 1.82) is 0 Å². The Bertz CT molecular complexity index is 819. The van der Waals surface area contributed by atoms with Gasteiger partial charge in [0.05, 0.1) is 6.26 Å². The summed E-state index contributed by atoms with van der Waals surface area (Å²) in [4.78, 5) is 47.9. The van der Waals surface area contributed by atoms with Crippen molar-refractivity contribution in [2.75, 3.05) is 7.05 Å². The number of amides is 4. The summed E-state index contributed by atoms with van der Waals surface area (Å²) < 4.78 is 10.2. The molecular weight excluding hydrogens is 366 g/mol. The molecule has 148 valence electrons. The number of rotatable bonds is 7. The number of esters is 1. The fraction of sp³-hybridized carbons (Fsp3) is 0.263. The number of urea groups is 1. The van der Waals surface area contributed by atoms with Crippen LogP contribution in [0.1, 0.15) is 23.0 Å². The van der Waals surface area contributed by atoms with Crippen LogP contribution in [0, 0.1) is 0 Å². The molecule has 28 heavy (non-hydrogen) atoms. The number of furan rings is 1. The summed E-state index contributed by atoms with van der Waals surface area (Å²) in [5.41, 5.74) is 0.784. The summed E-state index contributed by atoms with van der Waals surface area (Å²) in [6, 6.07) is 10.2. The highest BCUT2D eigenvalue weighted by Crippen LogP contribution is 2.08. The van der Waals surface area contributed by atoms with Crippen molar-refractivity contribution in [2.24, 2.45) is 0 Å². The van der Waals surface area contributed by atoms with Gasteiger partial charge in [0.2, 0.25) is 0 Å². The maximum atomic E-state index is 12.6. The molecule has 0 radical (unpaired) electrons. The second-order valence-corrected chi connectivity index (χ2v) is 5.84.